The number of aryl methyl sites for hydroxylation is 2. The van der Waals surface area contributed by atoms with Gasteiger partial charge in [0.05, 0.1) is 11.9 Å². The van der Waals surface area contributed by atoms with Crippen LogP contribution in [0.5, 0.6) is 0 Å². The number of nitrogens with zero attached hydrogens (tertiary/aromatic N) is 3. The first-order chi connectivity index (χ1) is 14.1. The maximum atomic E-state index is 12.1. The Morgan fingerprint density at radius 3 is 2.62 bits per heavy atom. The van der Waals surface area contributed by atoms with Gasteiger partial charge in [0.15, 0.2) is 0 Å². The summed E-state index contributed by atoms with van der Waals surface area (Å²) in [4.78, 5) is 14.9. The molecule has 6 nitrogen and oxygen atoms in total. The highest BCUT2D eigenvalue weighted by Gasteiger charge is 2.12. The summed E-state index contributed by atoms with van der Waals surface area (Å²) in [6.07, 6.45) is 5.22. The highest BCUT2D eigenvalue weighted by Crippen LogP contribution is 2.25. The van der Waals surface area contributed by atoms with Gasteiger partial charge in [0.2, 0.25) is 0 Å². The Bertz CT molecular complexity index is 1160. The highest BCUT2D eigenvalue weighted by molar-refractivity contribution is 5.94. The molecule has 2 N–H and O–H groups in total. The first kappa shape index (κ1) is 18.4. The van der Waals surface area contributed by atoms with E-state index in [-0.39, 0.29) is 5.91 Å². The van der Waals surface area contributed by atoms with E-state index in [0.29, 0.717) is 5.69 Å². The predicted octanol–water partition coefficient (Wildman–Crippen LogP) is 4.25. The molecule has 0 unspecified atom stereocenters. The fourth-order valence-electron chi connectivity index (χ4n) is 3.00. The average molecular weight is 383 g/mol. The van der Waals surface area contributed by atoms with E-state index in [1.54, 1.807) is 24.5 Å². The Hall–Kier alpha value is -3.93. The lowest BCUT2D eigenvalue weighted by molar-refractivity contribution is 0.0951. The maximum absolute atomic E-state index is 12.1. The second-order valence-corrected chi connectivity index (χ2v) is 6.80. The Morgan fingerprint density at radius 1 is 1.07 bits per heavy atom. The fraction of sp³-hybridized carbons (Fsp3) is 0.0870. The highest BCUT2D eigenvalue weighted by atomic mass is 16.2. The van der Waals surface area contributed by atoms with Crippen molar-refractivity contribution in [1.82, 2.24) is 20.2 Å². The molecule has 144 valence electrons. The normalized spacial score (nSPS) is 11.1. The number of hydrogen-bond donors (Lipinski definition) is 2. The number of aromatic amines is 1. The monoisotopic (exact) mass is 383 g/mol. The summed E-state index contributed by atoms with van der Waals surface area (Å²) in [5, 5.41) is 8.91. The van der Waals surface area contributed by atoms with Crippen molar-refractivity contribution in [1.29, 1.82) is 0 Å². The summed E-state index contributed by atoms with van der Waals surface area (Å²) < 4.78 is 1.82. The second kappa shape index (κ2) is 7.98. The molecular formula is C23H21N5O. The smallest absolute Gasteiger partial charge is 0.287 e. The molecule has 0 spiro atoms. The summed E-state index contributed by atoms with van der Waals surface area (Å²) in [6.45, 7) is 4.16. The third-order valence-corrected chi connectivity index (χ3v) is 4.76. The van der Waals surface area contributed by atoms with Gasteiger partial charge < -0.3 is 4.98 Å². The van der Waals surface area contributed by atoms with Crippen LogP contribution in [-0.4, -0.2) is 26.9 Å². The number of carbonyl (C=O) groups excluding carboxylic acids is 1. The van der Waals surface area contributed by atoms with Crippen LogP contribution in [0.4, 0.5) is 0 Å². The van der Waals surface area contributed by atoms with Gasteiger partial charge in [-0.3, -0.25) is 4.79 Å². The molecule has 1 amide bonds. The number of hydrazone groups is 1. The van der Waals surface area contributed by atoms with Crippen molar-refractivity contribution in [3.05, 3.63) is 95.4 Å². The van der Waals surface area contributed by atoms with Gasteiger partial charge in [-0.25, -0.2) is 10.1 Å². The zero-order valence-corrected chi connectivity index (χ0v) is 16.3. The number of para-hydroxylation sites is 1. The lowest BCUT2D eigenvalue weighted by Gasteiger charge is -2.04. The van der Waals surface area contributed by atoms with Gasteiger partial charge in [-0.1, -0.05) is 30.3 Å². The topological polar surface area (TPSA) is 75.1 Å². The third-order valence-electron chi connectivity index (χ3n) is 4.76. The van der Waals surface area contributed by atoms with E-state index in [0.717, 1.165) is 22.5 Å². The summed E-state index contributed by atoms with van der Waals surface area (Å²) in [5.74, 6) is -0.297. The van der Waals surface area contributed by atoms with Crippen molar-refractivity contribution in [3.8, 4) is 16.9 Å². The number of nitrogens with one attached hydrogen (secondary N) is 2. The quantitative estimate of drug-likeness (QED) is 0.399. The zero-order chi connectivity index (χ0) is 20.2. The van der Waals surface area contributed by atoms with E-state index in [2.05, 4.69) is 47.6 Å². The molecule has 0 radical (unpaired) electrons. The van der Waals surface area contributed by atoms with Crippen LogP contribution in [0.15, 0.2) is 78.2 Å². The van der Waals surface area contributed by atoms with Gasteiger partial charge in [-0.2, -0.15) is 10.2 Å². The molecule has 0 bridgehead atoms. The Labute approximate surface area is 168 Å². The molecule has 0 saturated heterocycles. The van der Waals surface area contributed by atoms with Crippen molar-refractivity contribution in [3.63, 3.8) is 0 Å². The molecule has 4 rings (SSSR count). The van der Waals surface area contributed by atoms with Crippen LogP contribution in [0.3, 0.4) is 0 Å². The molecule has 2 aromatic heterocycles. The van der Waals surface area contributed by atoms with E-state index in [4.69, 9.17) is 5.10 Å². The number of carbonyl (C=O) groups is 1. The minimum Gasteiger partial charge on any atom is -0.357 e. The number of amides is 1. The number of hydrogen-bond acceptors (Lipinski definition) is 3. The molecule has 0 fully saturated rings. The van der Waals surface area contributed by atoms with Gasteiger partial charge in [0.1, 0.15) is 11.4 Å². The van der Waals surface area contributed by atoms with Gasteiger partial charge in [0.25, 0.3) is 5.91 Å². The first-order valence-corrected chi connectivity index (χ1v) is 9.31. The Balaban J connectivity index is 1.68. The summed E-state index contributed by atoms with van der Waals surface area (Å²) >= 11 is 0. The van der Waals surface area contributed by atoms with Crippen LogP contribution in [0.1, 0.15) is 27.2 Å². The summed E-state index contributed by atoms with van der Waals surface area (Å²) in [7, 11) is 0. The van der Waals surface area contributed by atoms with E-state index >= 15 is 0 Å². The number of rotatable bonds is 5. The molecule has 0 atom stereocenters. The molecule has 4 aromatic rings. The molecular weight excluding hydrogens is 362 g/mol. The Kier molecular flexibility index (Phi) is 5.07. The molecule has 29 heavy (non-hydrogen) atoms. The van der Waals surface area contributed by atoms with E-state index in [1.165, 1.54) is 11.1 Å². The van der Waals surface area contributed by atoms with E-state index < -0.39 is 0 Å². The largest absolute Gasteiger partial charge is 0.357 e. The van der Waals surface area contributed by atoms with Gasteiger partial charge in [-0.05, 0) is 55.3 Å². The fourth-order valence-corrected chi connectivity index (χ4v) is 3.00. The van der Waals surface area contributed by atoms with Crippen molar-refractivity contribution < 1.29 is 4.79 Å². The Morgan fingerprint density at radius 2 is 1.90 bits per heavy atom. The van der Waals surface area contributed by atoms with Crippen LogP contribution in [-0.2, 0) is 0 Å². The molecule has 0 aliphatic heterocycles. The minimum atomic E-state index is -0.297. The third kappa shape index (κ3) is 4.01. The number of H-pyrrole nitrogens is 1. The lowest BCUT2D eigenvalue weighted by Crippen LogP contribution is -2.17. The van der Waals surface area contributed by atoms with Gasteiger partial charge in [-0.15, -0.1) is 0 Å². The van der Waals surface area contributed by atoms with Crippen LogP contribution in [0.25, 0.3) is 16.9 Å². The van der Waals surface area contributed by atoms with Crippen molar-refractivity contribution >= 4 is 12.1 Å². The van der Waals surface area contributed by atoms with Crippen molar-refractivity contribution in [2.75, 3.05) is 0 Å². The average Bonchev–Trinajstić information content (AvgIpc) is 3.41. The van der Waals surface area contributed by atoms with Crippen molar-refractivity contribution in [2.24, 2.45) is 5.10 Å². The van der Waals surface area contributed by atoms with E-state index in [9.17, 15) is 4.79 Å². The van der Waals surface area contributed by atoms with Gasteiger partial charge in [0, 0.05) is 23.5 Å². The summed E-state index contributed by atoms with van der Waals surface area (Å²) in [5.41, 5.74) is 8.98. The zero-order valence-electron chi connectivity index (χ0n) is 16.3. The van der Waals surface area contributed by atoms with Crippen LogP contribution in [0, 0.1) is 13.8 Å². The predicted molar refractivity (Wildman–Crippen MR) is 114 cm³/mol. The van der Waals surface area contributed by atoms with Crippen LogP contribution < -0.4 is 5.43 Å². The molecule has 6 heteroatoms. The minimum absolute atomic E-state index is 0.297. The van der Waals surface area contributed by atoms with Crippen LogP contribution >= 0.6 is 0 Å². The van der Waals surface area contributed by atoms with Crippen molar-refractivity contribution in [2.45, 2.75) is 13.8 Å². The first-order valence-electron chi connectivity index (χ1n) is 9.31. The SMILES string of the molecule is Cc1ccc(-c2nn(-c3ccccc3)cc2/C=N\NC(=O)c2ccc[nH]2)cc1C. The molecule has 0 aliphatic carbocycles. The molecule has 2 aromatic carbocycles. The molecule has 0 aliphatic rings. The lowest BCUT2D eigenvalue weighted by atomic mass is 10.0. The number of aromatic nitrogens is 3. The van der Waals surface area contributed by atoms with Gasteiger partial charge >= 0.3 is 0 Å². The molecule has 2 heterocycles. The number of benzene rings is 2. The standard InChI is InChI=1S/C23H21N5O/c1-16-10-11-18(13-17(16)2)22-19(14-25-26-23(29)21-9-6-12-24-21)15-28(27-22)20-7-4-3-5-8-20/h3-15,24H,1-2H3,(H,26,29)/b25-14-. The van der Waals surface area contributed by atoms with E-state index in [1.807, 2.05) is 41.2 Å². The maximum Gasteiger partial charge on any atom is 0.287 e. The molecule has 0 saturated carbocycles. The summed E-state index contributed by atoms with van der Waals surface area (Å²) in [6, 6.07) is 19.6. The second-order valence-electron chi connectivity index (χ2n) is 6.80. The van der Waals surface area contributed by atoms with Crippen LogP contribution in [0.2, 0.25) is 0 Å².